The van der Waals surface area contributed by atoms with Crippen LogP contribution in [-0.2, 0) is 9.59 Å². The van der Waals surface area contributed by atoms with Gasteiger partial charge in [0.2, 0.25) is 0 Å². The van der Waals surface area contributed by atoms with Gasteiger partial charge < -0.3 is 0 Å². The minimum absolute atomic E-state index is 0.0506. The number of allylic oxidation sites excluding steroid dienone is 4. The van der Waals surface area contributed by atoms with E-state index < -0.39 is 12.7 Å². The van der Waals surface area contributed by atoms with Crippen molar-refractivity contribution in [2.45, 2.75) is 54.8 Å². The van der Waals surface area contributed by atoms with Crippen LogP contribution >= 0.6 is 11.8 Å². The molecular weight excluding hydrogens is 475 g/mol. The molecule has 6 unspecified atom stereocenters. The molecule has 1 saturated carbocycles. The normalized spacial score (nSPS) is 40.1. The Morgan fingerprint density at radius 1 is 1.41 bits per heavy atom. The molecule has 2 fully saturated rings. The van der Waals surface area contributed by atoms with Gasteiger partial charge in [0.25, 0.3) is 0 Å². The number of rotatable bonds is 6. The number of carbonyl (C=O) groups is 2. The molecule has 0 bridgehead atoms. The summed E-state index contributed by atoms with van der Waals surface area (Å²) >= 11 is 1.58. The number of thioether (sulfide) groups is 1. The molecule has 6 heteroatoms. The first-order chi connectivity index (χ1) is 12.8. The molecule has 4 nitrogen and oxygen atoms in total. The fourth-order valence-corrected chi connectivity index (χ4v) is 10.4. The van der Waals surface area contributed by atoms with Crippen LogP contribution in [0, 0.1) is 16.7 Å². The molecule has 27 heavy (non-hydrogen) atoms. The quantitative estimate of drug-likeness (QED) is 0.372. The van der Waals surface area contributed by atoms with Crippen molar-refractivity contribution < 1.29 is 41.0 Å². The third kappa shape index (κ3) is 3.83. The Kier molecular flexibility index (Phi) is 6.60. The van der Waals surface area contributed by atoms with Gasteiger partial charge in [-0.1, -0.05) is 0 Å². The monoisotopic (exact) mass is 505 g/mol. The second-order valence-corrected chi connectivity index (χ2v) is 12.8. The molecular formula is C21H30IO4S-. The number of Topliss-reactive ketones (excluding diaryl/α,β-unsaturated/α-hetero) is 1. The molecule has 0 aromatic rings. The summed E-state index contributed by atoms with van der Waals surface area (Å²) in [7, 11) is 0. The first-order valence-electron chi connectivity index (χ1n) is 9.62. The number of alkyl halides is 2. The van der Waals surface area contributed by atoms with Crippen LogP contribution in [0.4, 0.5) is 0 Å². The number of carbonyl (C=O) groups excluding carboxylic acids is 2. The maximum absolute atomic E-state index is 12.4. The van der Waals surface area contributed by atoms with Gasteiger partial charge in [-0.3, -0.25) is 0 Å². The van der Waals surface area contributed by atoms with Crippen molar-refractivity contribution >= 4 is 23.3 Å². The third-order valence-corrected chi connectivity index (χ3v) is 12.5. The van der Waals surface area contributed by atoms with Gasteiger partial charge >= 0.3 is 177 Å². The van der Waals surface area contributed by atoms with Crippen molar-refractivity contribution in [1.82, 2.24) is 0 Å². The first-order valence-corrected chi connectivity index (χ1v) is 13.7. The second kappa shape index (κ2) is 8.28. The summed E-state index contributed by atoms with van der Waals surface area (Å²) in [6, 6.07) is 0. The number of ketones is 2. The average molecular weight is 505 g/mol. The van der Waals surface area contributed by atoms with Gasteiger partial charge in [0.1, 0.15) is 0 Å². The van der Waals surface area contributed by atoms with E-state index in [1.165, 1.54) is 0 Å². The molecule has 0 aromatic carbocycles. The van der Waals surface area contributed by atoms with Crippen LogP contribution in [0.5, 0.6) is 0 Å². The predicted octanol–water partition coefficient (Wildman–Crippen LogP) is -0.620. The van der Waals surface area contributed by atoms with Crippen molar-refractivity contribution in [3.63, 3.8) is 0 Å². The summed E-state index contributed by atoms with van der Waals surface area (Å²) in [5.41, 5.74) is 0.624. The van der Waals surface area contributed by atoms with Crippen LogP contribution in [0.15, 0.2) is 23.8 Å². The molecule has 6 atom stereocenters. The van der Waals surface area contributed by atoms with Crippen molar-refractivity contribution in [3.8, 4) is 0 Å². The molecule has 1 heterocycles. The van der Waals surface area contributed by atoms with Gasteiger partial charge in [0.05, 0.1) is 0 Å². The van der Waals surface area contributed by atoms with Gasteiger partial charge in [-0.25, -0.2) is 0 Å². The number of fused-ring (bicyclic) bond motifs is 1. The zero-order valence-corrected chi connectivity index (χ0v) is 19.3. The van der Waals surface area contributed by atoms with E-state index >= 15 is 0 Å². The molecule has 0 amide bonds. The molecule has 0 radical (unpaired) electrons. The summed E-state index contributed by atoms with van der Waals surface area (Å²) in [6.45, 7) is 3.88. The maximum atomic E-state index is 12.4. The van der Waals surface area contributed by atoms with E-state index in [0.717, 1.165) is 29.3 Å². The van der Waals surface area contributed by atoms with E-state index in [1.807, 2.05) is 6.08 Å². The van der Waals surface area contributed by atoms with Crippen LogP contribution in [0.3, 0.4) is 0 Å². The van der Waals surface area contributed by atoms with Crippen LogP contribution < -0.4 is 21.2 Å². The SMILES string of the molecule is CSC1CCC(C(=O)CO)C1(C)CC(O)C1[I-]CCC2=CC(=O)C=CC21C. The van der Waals surface area contributed by atoms with Crippen molar-refractivity contribution in [3.05, 3.63) is 23.8 Å². The van der Waals surface area contributed by atoms with Crippen molar-refractivity contribution in [1.29, 1.82) is 0 Å². The Bertz CT molecular complexity index is 675. The molecule has 3 rings (SSSR count). The molecule has 3 aliphatic rings. The first kappa shape index (κ1) is 21.5. The third-order valence-electron chi connectivity index (χ3n) is 6.88. The fourth-order valence-electron chi connectivity index (χ4n) is 5.34. The summed E-state index contributed by atoms with van der Waals surface area (Å²) in [5.74, 6) is -0.216. The summed E-state index contributed by atoms with van der Waals surface area (Å²) < 4.78 is 1.25. The summed E-state index contributed by atoms with van der Waals surface area (Å²) in [5, 5.41) is 21.1. The molecule has 152 valence electrons. The van der Waals surface area contributed by atoms with Crippen molar-refractivity contribution in [2.75, 3.05) is 17.3 Å². The summed E-state index contributed by atoms with van der Waals surface area (Å²) in [4.78, 5) is 24.2. The van der Waals surface area contributed by atoms with E-state index in [2.05, 4.69) is 20.1 Å². The fraction of sp³-hybridized carbons (Fsp3) is 0.714. The van der Waals surface area contributed by atoms with Crippen LogP contribution in [-0.4, -0.2) is 54.3 Å². The second-order valence-electron chi connectivity index (χ2n) is 8.44. The Morgan fingerprint density at radius 2 is 2.15 bits per heavy atom. The average Bonchev–Trinajstić information content (AvgIpc) is 2.96. The standard InChI is InChI=1S/C21H30IO4S/c1-20-8-6-14(24)10-13(20)7-9-22-19(20)16(25)11-21(2)15(17(26)12-23)4-5-18(21)27-3/h6,8,10,15-16,18-19,23,25H,4-5,7,9,11-12H2,1-3H3/q-1. The molecule has 2 aliphatic carbocycles. The number of hydrogen-bond acceptors (Lipinski definition) is 5. The Morgan fingerprint density at radius 3 is 2.81 bits per heavy atom. The number of halogens is 1. The molecule has 0 spiro atoms. The van der Waals surface area contributed by atoms with Crippen LogP contribution in [0.1, 0.15) is 39.5 Å². The zero-order valence-electron chi connectivity index (χ0n) is 16.3. The Labute approximate surface area is 176 Å². The molecule has 1 aliphatic heterocycles. The number of aliphatic hydroxyl groups excluding tert-OH is 2. The van der Waals surface area contributed by atoms with E-state index in [0.29, 0.717) is 11.7 Å². The van der Waals surface area contributed by atoms with Crippen molar-refractivity contribution in [2.24, 2.45) is 16.7 Å². The van der Waals surface area contributed by atoms with Gasteiger partial charge in [-0.05, 0) is 0 Å². The van der Waals surface area contributed by atoms with Gasteiger partial charge in [0, 0.05) is 0 Å². The topological polar surface area (TPSA) is 74.6 Å². The Balaban J connectivity index is 1.85. The molecule has 0 aromatic heterocycles. The van der Waals surface area contributed by atoms with Gasteiger partial charge in [-0.15, -0.1) is 0 Å². The zero-order chi connectivity index (χ0) is 19.8. The van der Waals surface area contributed by atoms with Gasteiger partial charge in [-0.2, -0.15) is 0 Å². The molecule has 2 N–H and O–H groups in total. The Hall–Kier alpha value is -0.180. The van der Waals surface area contributed by atoms with E-state index in [4.69, 9.17) is 0 Å². The number of aliphatic hydroxyl groups is 2. The minimum atomic E-state index is -0.490. The van der Waals surface area contributed by atoms with Crippen LogP contribution in [0.25, 0.3) is 0 Å². The molecule has 1 saturated heterocycles. The van der Waals surface area contributed by atoms with E-state index in [-0.39, 0.29) is 53.4 Å². The number of hydrogen-bond donors (Lipinski definition) is 2. The summed E-state index contributed by atoms with van der Waals surface area (Å²) in [6.07, 6.45) is 10.3. The predicted molar refractivity (Wildman–Crippen MR) is 104 cm³/mol. The van der Waals surface area contributed by atoms with Gasteiger partial charge in [0.15, 0.2) is 0 Å². The van der Waals surface area contributed by atoms with E-state index in [9.17, 15) is 19.8 Å². The van der Waals surface area contributed by atoms with Crippen LogP contribution in [0.2, 0.25) is 0 Å². The van der Waals surface area contributed by atoms with E-state index in [1.54, 1.807) is 23.9 Å².